The van der Waals surface area contributed by atoms with Crippen molar-refractivity contribution in [2.75, 3.05) is 0 Å². The Bertz CT molecular complexity index is 2490. The number of hydrogen-bond donors (Lipinski definition) is 0. The van der Waals surface area contributed by atoms with E-state index in [4.69, 9.17) is 15.0 Å². The SMILES string of the molecule is CC1C=CC=CC1c1nc(-c2ccccc2)nc(-c2cc(C3=CC4C=NC=CC4C=C3)cc(-c3ccc4c5c(cccc35)C3=CC=CCC34)c2)n1. The molecule has 0 N–H and O–H groups in total. The topological polar surface area (TPSA) is 51.0 Å². The lowest BCUT2D eigenvalue weighted by molar-refractivity contribution is 0.600. The van der Waals surface area contributed by atoms with Crippen LogP contribution in [0.3, 0.4) is 0 Å². The summed E-state index contributed by atoms with van der Waals surface area (Å²) in [5.74, 6) is 3.48. The van der Waals surface area contributed by atoms with Gasteiger partial charge in [0.1, 0.15) is 5.82 Å². The molecule has 0 fully saturated rings. The molecular formula is C47H36N4. The van der Waals surface area contributed by atoms with Crippen molar-refractivity contribution in [2.24, 2.45) is 22.7 Å². The van der Waals surface area contributed by atoms with Crippen LogP contribution in [0.25, 0.3) is 55.8 Å². The molecule has 244 valence electrons. The maximum Gasteiger partial charge on any atom is 0.163 e. The minimum atomic E-state index is 0.0604. The number of aromatic nitrogens is 3. The van der Waals surface area contributed by atoms with Gasteiger partial charge in [-0.2, -0.15) is 0 Å². The lowest BCUT2D eigenvalue weighted by Crippen LogP contribution is -2.15. The number of benzene rings is 4. The Morgan fingerprint density at radius 1 is 0.667 bits per heavy atom. The Morgan fingerprint density at radius 2 is 1.51 bits per heavy atom. The third-order valence-corrected chi connectivity index (χ3v) is 11.1. The van der Waals surface area contributed by atoms with Crippen molar-refractivity contribution in [1.29, 1.82) is 0 Å². The average Bonchev–Trinajstić information content (AvgIpc) is 3.53. The average molecular weight is 657 g/mol. The van der Waals surface area contributed by atoms with E-state index in [1.54, 1.807) is 0 Å². The van der Waals surface area contributed by atoms with Crippen LogP contribution in [0.1, 0.15) is 47.7 Å². The fraction of sp³-hybridized carbons (Fsp3) is 0.149. The molecule has 10 rings (SSSR count). The van der Waals surface area contributed by atoms with Crippen molar-refractivity contribution in [3.05, 3.63) is 174 Å². The molecule has 5 aliphatic rings. The molecule has 4 aliphatic carbocycles. The summed E-state index contributed by atoms with van der Waals surface area (Å²) in [4.78, 5) is 20.0. The van der Waals surface area contributed by atoms with Gasteiger partial charge < -0.3 is 0 Å². The quantitative estimate of drug-likeness (QED) is 0.189. The molecule has 2 heterocycles. The number of fused-ring (bicyclic) bond motifs is 4. The first-order valence-electron chi connectivity index (χ1n) is 18.0. The number of allylic oxidation sites excluding steroid dienone is 13. The molecule has 4 heteroatoms. The summed E-state index contributed by atoms with van der Waals surface area (Å²) in [6.07, 6.45) is 29.6. The van der Waals surface area contributed by atoms with E-state index in [2.05, 4.69) is 146 Å². The van der Waals surface area contributed by atoms with Crippen molar-refractivity contribution in [3.8, 4) is 33.9 Å². The molecule has 0 bridgehead atoms. The van der Waals surface area contributed by atoms with E-state index in [9.17, 15) is 0 Å². The molecular weight excluding hydrogens is 621 g/mol. The summed E-state index contributed by atoms with van der Waals surface area (Å²) >= 11 is 0. The number of nitrogens with zero attached hydrogens (tertiary/aromatic N) is 4. The zero-order chi connectivity index (χ0) is 33.9. The first kappa shape index (κ1) is 29.9. The molecule has 0 spiro atoms. The molecule has 5 unspecified atom stereocenters. The van der Waals surface area contributed by atoms with Crippen LogP contribution < -0.4 is 0 Å². The van der Waals surface area contributed by atoms with Crippen LogP contribution in [0.2, 0.25) is 0 Å². The largest absolute Gasteiger partial charge is 0.269 e. The molecule has 5 atom stereocenters. The van der Waals surface area contributed by atoms with Crippen molar-refractivity contribution < 1.29 is 0 Å². The van der Waals surface area contributed by atoms with Crippen LogP contribution in [-0.4, -0.2) is 21.2 Å². The molecule has 1 aromatic heterocycles. The van der Waals surface area contributed by atoms with Crippen molar-refractivity contribution >= 4 is 28.1 Å². The Balaban J connectivity index is 1.19. The van der Waals surface area contributed by atoms with Gasteiger partial charge in [0.2, 0.25) is 0 Å². The van der Waals surface area contributed by atoms with E-state index in [1.807, 2.05) is 24.4 Å². The first-order chi connectivity index (χ1) is 25.2. The lowest BCUT2D eigenvalue weighted by atomic mass is 9.83. The fourth-order valence-electron chi connectivity index (χ4n) is 8.47. The van der Waals surface area contributed by atoms with Crippen LogP contribution in [0.5, 0.6) is 0 Å². The molecule has 0 saturated carbocycles. The van der Waals surface area contributed by atoms with E-state index in [0.29, 0.717) is 23.5 Å². The Labute approximate surface area is 298 Å². The summed E-state index contributed by atoms with van der Waals surface area (Å²) in [7, 11) is 0. The van der Waals surface area contributed by atoms with E-state index in [0.717, 1.165) is 34.5 Å². The monoisotopic (exact) mass is 656 g/mol. The highest BCUT2D eigenvalue weighted by Crippen LogP contribution is 2.51. The van der Waals surface area contributed by atoms with Gasteiger partial charge in [0.25, 0.3) is 0 Å². The molecule has 0 amide bonds. The van der Waals surface area contributed by atoms with Gasteiger partial charge in [-0.25, -0.2) is 15.0 Å². The zero-order valence-electron chi connectivity index (χ0n) is 28.4. The Morgan fingerprint density at radius 3 is 2.41 bits per heavy atom. The molecule has 5 aromatic rings. The van der Waals surface area contributed by atoms with Crippen LogP contribution in [0.15, 0.2) is 157 Å². The fourth-order valence-corrected chi connectivity index (χ4v) is 8.47. The van der Waals surface area contributed by atoms with E-state index in [1.165, 1.54) is 38.6 Å². The minimum Gasteiger partial charge on any atom is -0.269 e. The third kappa shape index (κ3) is 5.13. The van der Waals surface area contributed by atoms with Gasteiger partial charge in [-0.15, -0.1) is 0 Å². The van der Waals surface area contributed by atoms with Crippen LogP contribution >= 0.6 is 0 Å². The normalized spacial score (nSPS) is 23.7. The van der Waals surface area contributed by atoms with Crippen LogP contribution in [0, 0.1) is 17.8 Å². The highest BCUT2D eigenvalue weighted by atomic mass is 15.0. The summed E-state index contributed by atoms with van der Waals surface area (Å²) in [6.45, 7) is 2.23. The minimum absolute atomic E-state index is 0.0604. The highest BCUT2D eigenvalue weighted by Gasteiger charge is 2.30. The van der Waals surface area contributed by atoms with Gasteiger partial charge in [-0.1, -0.05) is 134 Å². The number of aliphatic imine (C=N–C) groups is 1. The van der Waals surface area contributed by atoms with Crippen molar-refractivity contribution in [1.82, 2.24) is 15.0 Å². The van der Waals surface area contributed by atoms with Crippen LogP contribution in [0.4, 0.5) is 0 Å². The Hall–Kier alpha value is -6.00. The maximum atomic E-state index is 5.25. The third-order valence-electron chi connectivity index (χ3n) is 11.1. The highest BCUT2D eigenvalue weighted by molar-refractivity contribution is 6.09. The molecule has 0 saturated heterocycles. The zero-order valence-corrected chi connectivity index (χ0v) is 28.4. The summed E-state index contributed by atoms with van der Waals surface area (Å²) < 4.78 is 0. The summed E-state index contributed by atoms with van der Waals surface area (Å²) in [5, 5.41) is 2.67. The predicted octanol–water partition coefficient (Wildman–Crippen LogP) is 11.1. The molecule has 51 heavy (non-hydrogen) atoms. The van der Waals surface area contributed by atoms with Gasteiger partial charge in [0.05, 0.1) is 0 Å². The van der Waals surface area contributed by atoms with Gasteiger partial charge in [0, 0.05) is 47.2 Å². The van der Waals surface area contributed by atoms with Gasteiger partial charge in [-0.3, -0.25) is 4.99 Å². The van der Waals surface area contributed by atoms with Crippen molar-refractivity contribution in [2.45, 2.75) is 25.2 Å². The van der Waals surface area contributed by atoms with E-state index >= 15 is 0 Å². The number of rotatable bonds is 5. The second-order valence-corrected chi connectivity index (χ2v) is 14.2. The van der Waals surface area contributed by atoms with Gasteiger partial charge in [-0.05, 0) is 80.3 Å². The van der Waals surface area contributed by atoms with E-state index in [-0.39, 0.29) is 17.8 Å². The molecule has 1 aliphatic heterocycles. The predicted molar refractivity (Wildman–Crippen MR) is 210 cm³/mol. The van der Waals surface area contributed by atoms with Crippen molar-refractivity contribution in [3.63, 3.8) is 0 Å². The van der Waals surface area contributed by atoms with Gasteiger partial charge in [0.15, 0.2) is 11.6 Å². The second kappa shape index (κ2) is 12.1. The number of hydrogen-bond acceptors (Lipinski definition) is 4. The maximum absolute atomic E-state index is 5.25. The summed E-state index contributed by atoms with van der Waals surface area (Å²) in [6, 6.07) is 28.7. The van der Waals surface area contributed by atoms with Gasteiger partial charge >= 0.3 is 0 Å². The lowest BCUT2D eigenvalue weighted by Gasteiger charge is -2.23. The molecule has 0 radical (unpaired) electrons. The first-order valence-corrected chi connectivity index (χ1v) is 18.0. The smallest absolute Gasteiger partial charge is 0.163 e. The van der Waals surface area contributed by atoms with Crippen LogP contribution in [-0.2, 0) is 0 Å². The van der Waals surface area contributed by atoms with E-state index < -0.39 is 0 Å². The second-order valence-electron chi connectivity index (χ2n) is 14.2. The molecule has 4 aromatic carbocycles. The summed E-state index contributed by atoms with van der Waals surface area (Å²) in [5.41, 5.74) is 10.9. The molecule has 4 nitrogen and oxygen atoms in total. The standard InChI is InChI=1S/C47H36N4/c1-29-10-5-6-13-37(29)47-50-45(31-11-3-2-4-12-31)49-46(51-47)35-26-33(32-19-18-30-22-23-48-28-36(30)24-32)25-34(27-35)38-20-21-43-40-15-8-7-14-39(40)42-17-9-16-41(38)44(42)43/h2-14,16-30,36-37,40H,15H2,1H3. The Kier molecular flexibility index (Phi) is 7.09.